The maximum Gasteiger partial charge on any atom is 0.276 e. The van der Waals surface area contributed by atoms with Gasteiger partial charge in [0.25, 0.3) is 5.69 Å². The normalized spacial score (nSPS) is 12.4. The molecule has 3 aromatic rings. The summed E-state index contributed by atoms with van der Waals surface area (Å²) in [6, 6.07) is 15.6. The topological polar surface area (TPSA) is 76.6 Å². The van der Waals surface area contributed by atoms with Crippen LogP contribution in [0.1, 0.15) is 24.3 Å². The minimum Gasteiger partial charge on any atom is -0.459 e. The predicted molar refractivity (Wildman–Crippen MR) is 99.5 cm³/mol. The number of likely N-dealkylation sites (N-methyl/N-ethyl adjacent to an activating group) is 1. The van der Waals surface area contributed by atoms with Crippen LogP contribution in [0.15, 0.2) is 65.1 Å². The first kappa shape index (κ1) is 17.4. The largest absolute Gasteiger partial charge is 0.459 e. The molecule has 0 N–H and O–H groups in total. The Kier molecular flexibility index (Phi) is 4.84. The van der Waals surface area contributed by atoms with Crippen molar-refractivity contribution in [1.82, 2.24) is 4.90 Å². The number of rotatable bonds is 5. The molecule has 0 fully saturated rings. The van der Waals surface area contributed by atoms with Crippen LogP contribution in [-0.2, 0) is 4.79 Å². The summed E-state index contributed by atoms with van der Waals surface area (Å²) in [5, 5.41) is 12.0. The Labute approximate surface area is 150 Å². The molecule has 0 bridgehead atoms. The molecule has 132 valence electrons. The molecule has 6 nitrogen and oxygen atoms in total. The Morgan fingerprint density at radius 2 is 1.88 bits per heavy atom. The number of nitrogens with zero attached hydrogens (tertiary/aromatic N) is 2. The fourth-order valence-electron chi connectivity index (χ4n) is 2.66. The number of nitro groups is 1. The average Bonchev–Trinajstić information content (AvgIpc) is 3.09. The minimum atomic E-state index is -0.467. The van der Waals surface area contributed by atoms with Gasteiger partial charge in [0.05, 0.1) is 16.5 Å². The van der Waals surface area contributed by atoms with Gasteiger partial charge < -0.3 is 9.32 Å². The third kappa shape index (κ3) is 3.49. The van der Waals surface area contributed by atoms with Crippen LogP contribution >= 0.6 is 0 Å². The Morgan fingerprint density at radius 3 is 2.62 bits per heavy atom. The molecule has 0 aliphatic heterocycles. The number of benzene rings is 2. The van der Waals surface area contributed by atoms with E-state index in [1.807, 2.05) is 37.3 Å². The second-order valence-electron chi connectivity index (χ2n) is 5.96. The fourth-order valence-corrected chi connectivity index (χ4v) is 2.66. The van der Waals surface area contributed by atoms with Crippen molar-refractivity contribution in [2.24, 2.45) is 0 Å². The van der Waals surface area contributed by atoms with Crippen molar-refractivity contribution in [3.8, 4) is 0 Å². The van der Waals surface area contributed by atoms with E-state index in [1.54, 1.807) is 25.2 Å². The summed E-state index contributed by atoms with van der Waals surface area (Å²) < 4.78 is 5.81. The molecule has 0 spiro atoms. The summed E-state index contributed by atoms with van der Waals surface area (Å²) in [7, 11) is 1.67. The second-order valence-corrected chi connectivity index (χ2v) is 5.96. The Morgan fingerprint density at radius 1 is 1.19 bits per heavy atom. The quantitative estimate of drug-likeness (QED) is 0.383. The van der Waals surface area contributed by atoms with Crippen molar-refractivity contribution >= 4 is 28.6 Å². The Hall–Kier alpha value is -3.41. The maximum atomic E-state index is 12.5. The van der Waals surface area contributed by atoms with E-state index in [0.29, 0.717) is 11.3 Å². The molecule has 0 aliphatic rings. The van der Waals surface area contributed by atoms with Crippen molar-refractivity contribution in [3.63, 3.8) is 0 Å². The fraction of sp³-hybridized carbons (Fsp3) is 0.150. The minimum absolute atomic E-state index is 0.0375. The van der Waals surface area contributed by atoms with E-state index in [-0.39, 0.29) is 17.6 Å². The first-order chi connectivity index (χ1) is 12.5. The van der Waals surface area contributed by atoms with Gasteiger partial charge in [-0.15, -0.1) is 0 Å². The molecule has 3 rings (SSSR count). The maximum absolute atomic E-state index is 12.5. The van der Waals surface area contributed by atoms with Crippen molar-refractivity contribution in [2.45, 2.75) is 13.0 Å². The summed E-state index contributed by atoms with van der Waals surface area (Å²) in [4.78, 5) is 24.6. The molecule has 1 aromatic heterocycles. The van der Waals surface area contributed by atoms with Gasteiger partial charge in [0, 0.05) is 24.6 Å². The lowest BCUT2D eigenvalue weighted by atomic mass is 10.1. The number of furan rings is 1. The monoisotopic (exact) mass is 350 g/mol. The summed E-state index contributed by atoms with van der Waals surface area (Å²) in [5.74, 6) is 0.414. The van der Waals surface area contributed by atoms with Crippen LogP contribution in [-0.4, -0.2) is 22.8 Å². The molecule has 0 saturated carbocycles. The number of carbonyl (C=O) groups excluding carboxylic acids is 1. The van der Waals surface area contributed by atoms with Gasteiger partial charge in [0.1, 0.15) is 11.3 Å². The average molecular weight is 350 g/mol. The predicted octanol–water partition coefficient (Wildman–Crippen LogP) is 4.57. The number of hydrogen-bond donors (Lipinski definition) is 0. The molecular formula is C20H18N2O4. The standard InChI is InChI=1S/C20H18N2O4/c1-14(19-13-16-8-4-6-10-18(16)26-19)21(2)20(23)12-11-15-7-3-5-9-17(15)22(24)25/h3-14H,1-2H3/b12-11+/t14-/m0/s1. The molecule has 1 heterocycles. The van der Waals surface area contributed by atoms with Gasteiger partial charge in [-0.1, -0.05) is 30.3 Å². The van der Waals surface area contributed by atoms with Gasteiger partial charge in [-0.25, -0.2) is 0 Å². The van der Waals surface area contributed by atoms with E-state index in [4.69, 9.17) is 4.42 Å². The van der Waals surface area contributed by atoms with Crippen molar-refractivity contribution in [2.75, 3.05) is 7.05 Å². The molecule has 0 saturated heterocycles. The van der Waals surface area contributed by atoms with E-state index in [2.05, 4.69) is 0 Å². The van der Waals surface area contributed by atoms with Gasteiger partial charge in [-0.3, -0.25) is 14.9 Å². The molecule has 2 aromatic carbocycles. The number of fused-ring (bicyclic) bond motifs is 1. The molecule has 0 aliphatic carbocycles. The smallest absolute Gasteiger partial charge is 0.276 e. The lowest BCUT2D eigenvalue weighted by molar-refractivity contribution is -0.385. The first-order valence-electron chi connectivity index (χ1n) is 8.14. The summed E-state index contributed by atoms with van der Waals surface area (Å²) in [5.41, 5.74) is 1.12. The first-order valence-corrected chi connectivity index (χ1v) is 8.14. The van der Waals surface area contributed by atoms with Gasteiger partial charge in [-0.05, 0) is 31.2 Å². The van der Waals surface area contributed by atoms with Crippen LogP contribution in [0.5, 0.6) is 0 Å². The highest BCUT2D eigenvalue weighted by Gasteiger charge is 2.19. The zero-order chi connectivity index (χ0) is 18.7. The molecule has 26 heavy (non-hydrogen) atoms. The van der Waals surface area contributed by atoms with Gasteiger partial charge in [0.2, 0.25) is 5.91 Å². The number of hydrogen-bond acceptors (Lipinski definition) is 4. The molecule has 1 amide bonds. The van der Waals surface area contributed by atoms with Crippen LogP contribution in [0.3, 0.4) is 0 Å². The zero-order valence-electron chi connectivity index (χ0n) is 14.5. The number of para-hydroxylation sites is 2. The third-order valence-corrected chi connectivity index (χ3v) is 4.32. The molecular weight excluding hydrogens is 332 g/mol. The van der Waals surface area contributed by atoms with Gasteiger partial charge in [-0.2, -0.15) is 0 Å². The molecule has 6 heteroatoms. The van der Waals surface area contributed by atoms with Crippen LogP contribution in [0.2, 0.25) is 0 Å². The summed E-state index contributed by atoms with van der Waals surface area (Å²) in [6.45, 7) is 1.87. The van der Waals surface area contributed by atoms with E-state index in [1.165, 1.54) is 23.1 Å². The lowest BCUT2D eigenvalue weighted by Gasteiger charge is -2.21. The number of nitro benzene ring substituents is 1. The lowest BCUT2D eigenvalue weighted by Crippen LogP contribution is -2.27. The Bertz CT molecular complexity index is 957. The number of amides is 1. The highest BCUT2D eigenvalue weighted by Crippen LogP contribution is 2.27. The van der Waals surface area contributed by atoms with E-state index < -0.39 is 4.92 Å². The number of carbonyl (C=O) groups is 1. The van der Waals surface area contributed by atoms with Gasteiger partial charge >= 0.3 is 0 Å². The highest BCUT2D eigenvalue weighted by atomic mass is 16.6. The van der Waals surface area contributed by atoms with Gasteiger partial charge in [0.15, 0.2) is 0 Å². The zero-order valence-corrected chi connectivity index (χ0v) is 14.5. The SMILES string of the molecule is C[C@@H](c1cc2ccccc2o1)N(C)C(=O)/C=C/c1ccccc1[N+](=O)[O-]. The van der Waals surface area contributed by atoms with Crippen LogP contribution in [0.25, 0.3) is 17.0 Å². The summed E-state index contributed by atoms with van der Waals surface area (Å²) >= 11 is 0. The van der Waals surface area contributed by atoms with Crippen molar-refractivity contribution < 1.29 is 14.1 Å². The Balaban J connectivity index is 1.78. The van der Waals surface area contributed by atoms with Crippen LogP contribution in [0.4, 0.5) is 5.69 Å². The van der Waals surface area contributed by atoms with E-state index in [0.717, 1.165) is 11.0 Å². The van der Waals surface area contributed by atoms with E-state index in [9.17, 15) is 14.9 Å². The van der Waals surface area contributed by atoms with Crippen LogP contribution in [0, 0.1) is 10.1 Å². The molecule has 0 radical (unpaired) electrons. The highest BCUT2D eigenvalue weighted by molar-refractivity contribution is 5.92. The van der Waals surface area contributed by atoms with E-state index >= 15 is 0 Å². The van der Waals surface area contributed by atoms with Crippen molar-refractivity contribution in [1.29, 1.82) is 0 Å². The molecule has 1 atom stereocenters. The molecule has 0 unspecified atom stereocenters. The second kappa shape index (κ2) is 7.23. The van der Waals surface area contributed by atoms with Crippen LogP contribution < -0.4 is 0 Å². The van der Waals surface area contributed by atoms with Crippen molar-refractivity contribution in [3.05, 3.63) is 82.1 Å². The summed E-state index contributed by atoms with van der Waals surface area (Å²) in [6.07, 6.45) is 2.80. The third-order valence-electron chi connectivity index (χ3n) is 4.32.